The molecule has 0 bridgehead atoms. The summed E-state index contributed by atoms with van der Waals surface area (Å²) in [6.45, 7) is 4.31. The van der Waals surface area contributed by atoms with Crippen molar-refractivity contribution in [1.29, 1.82) is 0 Å². The van der Waals surface area contributed by atoms with Gasteiger partial charge in [-0.1, -0.05) is 49.9 Å². The first kappa shape index (κ1) is 14.2. The predicted octanol–water partition coefficient (Wildman–Crippen LogP) is 3.16. The Labute approximate surface area is 119 Å². The molecule has 1 aromatic carbocycles. The molecule has 2 atom stereocenters. The van der Waals surface area contributed by atoms with Gasteiger partial charge in [-0.15, -0.1) is 0 Å². The molecule has 1 heterocycles. The zero-order valence-corrected chi connectivity index (χ0v) is 12.5. The third-order valence-corrected chi connectivity index (χ3v) is 4.62. The number of aromatic nitrogens is 2. The molecule has 0 amide bonds. The summed E-state index contributed by atoms with van der Waals surface area (Å²) in [5.74, 6) is 0. The second-order valence-electron chi connectivity index (χ2n) is 4.76. The minimum Gasteiger partial charge on any atom is -0.329 e. The maximum Gasteiger partial charge on any atom is 0.167 e. The smallest absolute Gasteiger partial charge is 0.167 e. The van der Waals surface area contributed by atoms with E-state index < -0.39 is 0 Å². The lowest BCUT2D eigenvalue weighted by Gasteiger charge is -2.19. The van der Waals surface area contributed by atoms with E-state index in [0.717, 1.165) is 11.6 Å². The molecule has 19 heavy (non-hydrogen) atoms. The number of imidazole rings is 1. The molecule has 0 saturated carbocycles. The standard InChI is InChI=1S/C15H21N3S/c1-4-12-5-7-13(8-6-12)14(16)11(2)19-15-17-9-10-18(15)3/h5-11,14H,4,16H2,1-3H3. The normalized spacial score (nSPS) is 14.3. The van der Waals surface area contributed by atoms with E-state index >= 15 is 0 Å². The van der Waals surface area contributed by atoms with E-state index in [1.807, 2.05) is 24.0 Å². The van der Waals surface area contributed by atoms with Gasteiger partial charge in [0.25, 0.3) is 0 Å². The van der Waals surface area contributed by atoms with Crippen LogP contribution in [0.3, 0.4) is 0 Å². The van der Waals surface area contributed by atoms with Crippen molar-refractivity contribution in [2.24, 2.45) is 12.8 Å². The van der Waals surface area contributed by atoms with E-state index in [0.29, 0.717) is 0 Å². The van der Waals surface area contributed by atoms with Gasteiger partial charge in [-0.05, 0) is 17.5 Å². The van der Waals surface area contributed by atoms with Crippen molar-refractivity contribution in [2.75, 3.05) is 0 Å². The molecular formula is C15H21N3S. The molecule has 1 aromatic heterocycles. The highest BCUT2D eigenvalue weighted by atomic mass is 32.2. The summed E-state index contributed by atoms with van der Waals surface area (Å²) in [7, 11) is 2.00. The molecule has 2 N–H and O–H groups in total. The van der Waals surface area contributed by atoms with Crippen molar-refractivity contribution in [1.82, 2.24) is 9.55 Å². The average molecular weight is 275 g/mol. The number of rotatable bonds is 5. The maximum absolute atomic E-state index is 6.34. The van der Waals surface area contributed by atoms with Gasteiger partial charge in [-0.25, -0.2) is 4.98 Å². The maximum atomic E-state index is 6.34. The first-order valence-electron chi connectivity index (χ1n) is 6.60. The molecule has 0 saturated heterocycles. The van der Waals surface area contributed by atoms with E-state index in [1.165, 1.54) is 11.1 Å². The lowest BCUT2D eigenvalue weighted by Crippen LogP contribution is -2.21. The Morgan fingerprint density at radius 3 is 2.53 bits per heavy atom. The fourth-order valence-electron chi connectivity index (χ4n) is 1.95. The zero-order valence-electron chi connectivity index (χ0n) is 11.7. The van der Waals surface area contributed by atoms with E-state index in [1.54, 1.807) is 11.8 Å². The van der Waals surface area contributed by atoms with Crippen molar-refractivity contribution in [3.05, 3.63) is 47.8 Å². The number of nitrogens with two attached hydrogens (primary N) is 1. The van der Waals surface area contributed by atoms with Gasteiger partial charge in [0, 0.05) is 30.7 Å². The van der Waals surface area contributed by atoms with Gasteiger partial charge >= 0.3 is 0 Å². The van der Waals surface area contributed by atoms with Gasteiger partial charge < -0.3 is 10.3 Å². The van der Waals surface area contributed by atoms with Crippen LogP contribution >= 0.6 is 11.8 Å². The van der Waals surface area contributed by atoms with E-state index in [-0.39, 0.29) is 11.3 Å². The van der Waals surface area contributed by atoms with Gasteiger partial charge in [0.2, 0.25) is 0 Å². The Bertz CT molecular complexity index is 518. The van der Waals surface area contributed by atoms with E-state index in [4.69, 9.17) is 5.73 Å². The van der Waals surface area contributed by atoms with Crippen LogP contribution < -0.4 is 5.73 Å². The van der Waals surface area contributed by atoms with Crippen molar-refractivity contribution in [2.45, 2.75) is 36.7 Å². The fraction of sp³-hybridized carbons (Fsp3) is 0.400. The molecule has 0 aliphatic heterocycles. The summed E-state index contributed by atoms with van der Waals surface area (Å²) in [5.41, 5.74) is 8.87. The highest BCUT2D eigenvalue weighted by Crippen LogP contribution is 2.29. The molecule has 0 aliphatic carbocycles. The summed E-state index contributed by atoms with van der Waals surface area (Å²) in [4.78, 5) is 4.33. The highest BCUT2D eigenvalue weighted by molar-refractivity contribution is 7.99. The molecule has 0 radical (unpaired) electrons. The monoisotopic (exact) mass is 275 g/mol. The van der Waals surface area contributed by atoms with Crippen molar-refractivity contribution in [3.63, 3.8) is 0 Å². The SMILES string of the molecule is CCc1ccc(C(N)C(C)Sc2nccn2C)cc1. The molecule has 2 rings (SSSR count). The number of hydrogen-bond acceptors (Lipinski definition) is 3. The summed E-state index contributed by atoms with van der Waals surface area (Å²) in [6, 6.07) is 8.62. The Kier molecular flexibility index (Phi) is 4.66. The molecule has 4 heteroatoms. The largest absolute Gasteiger partial charge is 0.329 e. The Hall–Kier alpha value is -1.26. The number of benzene rings is 1. The van der Waals surface area contributed by atoms with Gasteiger partial charge in [0.15, 0.2) is 5.16 Å². The van der Waals surface area contributed by atoms with Crippen LogP contribution in [0.2, 0.25) is 0 Å². The Morgan fingerprint density at radius 1 is 1.32 bits per heavy atom. The number of aryl methyl sites for hydroxylation is 2. The molecule has 102 valence electrons. The molecule has 0 spiro atoms. The van der Waals surface area contributed by atoms with Crippen LogP contribution in [0.4, 0.5) is 0 Å². The number of hydrogen-bond donors (Lipinski definition) is 1. The lowest BCUT2D eigenvalue weighted by atomic mass is 10.0. The second kappa shape index (κ2) is 6.26. The molecular weight excluding hydrogens is 254 g/mol. The van der Waals surface area contributed by atoms with Crippen LogP contribution in [0.25, 0.3) is 0 Å². The average Bonchev–Trinajstić information content (AvgIpc) is 2.83. The van der Waals surface area contributed by atoms with Crippen LogP contribution in [-0.2, 0) is 13.5 Å². The molecule has 0 aliphatic rings. The lowest BCUT2D eigenvalue weighted by molar-refractivity contribution is 0.704. The first-order valence-corrected chi connectivity index (χ1v) is 7.48. The molecule has 0 fully saturated rings. The second-order valence-corrected chi connectivity index (χ2v) is 6.11. The van der Waals surface area contributed by atoms with Crippen LogP contribution in [0.15, 0.2) is 41.8 Å². The summed E-state index contributed by atoms with van der Waals surface area (Å²) < 4.78 is 2.02. The van der Waals surface area contributed by atoms with Crippen molar-refractivity contribution < 1.29 is 0 Å². The van der Waals surface area contributed by atoms with Crippen LogP contribution in [-0.4, -0.2) is 14.8 Å². The van der Waals surface area contributed by atoms with Crippen LogP contribution in [0.5, 0.6) is 0 Å². The van der Waals surface area contributed by atoms with Gasteiger partial charge in [0.05, 0.1) is 0 Å². The third-order valence-electron chi connectivity index (χ3n) is 3.35. The summed E-state index contributed by atoms with van der Waals surface area (Å²) in [6.07, 6.45) is 4.83. The van der Waals surface area contributed by atoms with Gasteiger partial charge in [0.1, 0.15) is 0 Å². The van der Waals surface area contributed by atoms with Gasteiger partial charge in [-0.3, -0.25) is 0 Å². The summed E-state index contributed by atoms with van der Waals surface area (Å²) >= 11 is 1.72. The molecule has 2 aromatic rings. The first-order chi connectivity index (χ1) is 9.11. The minimum absolute atomic E-state index is 0.0209. The molecule has 3 nitrogen and oxygen atoms in total. The van der Waals surface area contributed by atoms with E-state index in [2.05, 4.69) is 43.1 Å². The quantitative estimate of drug-likeness (QED) is 0.852. The zero-order chi connectivity index (χ0) is 13.8. The topological polar surface area (TPSA) is 43.8 Å². The van der Waals surface area contributed by atoms with Crippen LogP contribution in [0, 0.1) is 0 Å². The Morgan fingerprint density at radius 2 is 2.00 bits per heavy atom. The number of nitrogens with zero attached hydrogens (tertiary/aromatic N) is 2. The minimum atomic E-state index is 0.0209. The molecule has 2 unspecified atom stereocenters. The highest BCUT2D eigenvalue weighted by Gasteiger charge is 2.17. The van der Waals surface area contributed by atoms with Crippen LogP contribution in [0.1, 0.15) is 31.0 Å². The van der Waals surface area contributed by atoms with Crippen molar-refractivity contribution >= 4 is 11.8 Å². The fourth-order valence-corrected chi connectivity index (χ4v) is 2.94. The van der Waals surface area contributed by atoms with E-state index in [9.17, 15) is 0 Å². The number of thioether (sulfide) groups is 1. The predicted molar refractivity (Wildman–Crippen MR) is 81.3 cm³/mol. The van der Waals surface area contributed by atoms with Gasteiger partial charge in [-0.2, -0.15) is 0 Å². The Balaban J connectivity index is 2.05. The van der Waals surface area contributed by atoms with Crippen molar-refractivity contribution in [3.8, 4) is 0 Å². The third kappa shape index (κ3) is 3.39. The summed E-state index contributed by atoms with van der Waals surface area (Å²) in [5, 5.41) is 1.29.